The first-order chi connectivity index (χ1) is 9.72. The van der Waals surface area contributed by atoms with E-state index in [1.807, 2.05) is 12.1 Å². The molecule has 2 aromatic heterocycles. The molecule has 0 spiro atoms. The number of rotatable bonds is 3. The Morgan fingerprint density at radius 3 is 2.50 bits per heavy atom. The van der Waals surface area contributed by atoms with Gasteiger partial charge in [0.2, 0.25) is 0 Å². The number of carbonyl (C=O) groups excluding carboxylic acids is 1. The lowest BCUT2D eigenvalue weighted by atomic mass is 10.2. The zero-order chi connectivity index (χ0) is 13.9. The Hall–Kier alpha value is -2.41. The van der Waals surface area contributed by atoms with Crippen LogP contribution in [0, 0.1) is 0 Å². The van der Waals surface area contributed by atoms with Gasteiger partial charge in [-0.2, -0.15) is 15.0 Å². The fourth-order valence-electron chi connectivity index (χ4n) is 1.72. The normalized spacial score (nSPS) is 10.4. The van der Waals surface area contributed by atoms with Crippen molar-refractivity contribution in [3.8, 4) is 5.69 Å². The molecule has 1 amide bonds. The summed E-state index contributed by atoms with van der Waals surface area (Å²) in [6.45, 7) is 0. The number of aromatic amines is 1. The number of H-pyrrole nitrogens is 1. The third-order valence-electron chi connectivity index (χ3n) is 2.67. The molecule has 3 aromatic rings. The van der Waals surface area contributed by atoms with Crippen molar-refractivity contribution in [2.24, 2.45) is 0 Å². The van der Waals surface area contributed by atoms with Gasteiger partial charge in [0, 0.05) is 16.4 Å². The van der Waals surface area contributed by atoms with Gasteiger partial charge in [0.25, 0.3) is 5.91 Å². The molecule has 0 bridgehead atoms. The van der Waals surface area contributed by atoms with Gasteiger partial charge in [-0.15, -0.1) is 0 Å². The van der Waals surface area contributed by atoms with Gasteiger partial charge in [-0.05, 0) is 46.3 Å². The van der Waals surface area contributed by atoms with Crippen LogP contribution >= 0.6 is 15.9 Å². The van der Waals surface area contributed by atoms with Crippen molar-refractivity contribution in [1.29, 1.82) is 0 Å². The Morgan fingerprint density at radius 1 is 1.20 bits per heavy atom. The second kappa shape index (κ2) is 5.30. The first-order valence-electron chi connectivity index (χ1n) is 5.84. The molecule has 100 valence electrons. The van der Waals surface area contributed by atoms with E-state index in [9.17, 15) is 4.79 Å². The van der Waals surface area contributed by atoms with Crippen molar-refractivity contribution >= 4 is 27.5 Å². The minimum Gasteiger partial charge on any atom is -0.356 e. The molecule has 20 heavy (non-hydrogen) atoms. The molecule has 0 aliphatic rings. The second-order valence-corrected chi connectivity index (χ2v) is 4.97. The van der Waals surface area contributed by atoms with Crippen molar-refractivity contribution in [1.82, 2.24) is 20.0 Å². The van der Waals surface area contributed by atoms with Crippen LogP contribution in [0.4, 0.5) is 5.69 Å². The third-order valence-corrected chi connectivity index (χ3v) is 3.13. The number of hydrogen-bond acceptors (Lipinski definition) is 3. The lowest BCUT2D eigenvalue weighted by Gasteiger charge is -2.05. The van der Waals surface area contributed by atoms with E-state index < -0.39 is 0 Å². The van der Waals surface area contributed by atoms with Crippen molar-refractivity contribution in [3.05, 3.63) is 59.1 Å². The molecule has 0 unspecified atom stereocenters. The first-order valence-corrected chi connectivity index (χ1v) is 6.64. The summed E-state index contributed by atoms with van der Waals surface area (Å²) >= 11 is 3.29. The predicted molar refractivity (Wildman–Crippen MR) is 77.8 cm³/mol. The van der Waals surface area contributed by atoms with Gasteiger partial charge in [0.1, 0.15) is 5.69 Å². The smallest absolute Gasteiger partial charge is 0.272 e. The Balaban J connectivity index is 1.74. The van der Waals surface area contributed by atoms with E-state index in [0.717, 1.165) is 10.2 Å². The summed E-state index contributed by atoms with van der Waals surface area (Å²) in [5.74, 6) is -0.194. The average molecular weight is 332 g/mol. The van der Waals surface area contributed by atoms with Crippen molar-refractivity contribution in [2.45, 2.75) is 0 Å². The Bertz CT molecular complexity index is 718. The molecular formula is C13H10BrN5O. The molecule has 0 aliphatic carbocycles. The van der Waals surface area contributed by atoms with Crippen LogP contribution in [-0.2, 0) is 0 Å². The predicted octanol–water partition coefficient (Wildman–Crippen LogP) is 2.61. The monoisotopic (exact) mass is 331 g/mol. The van der Waals surface area contributed by atoms with Crippen LogP contribution in [0.25, 0.3) is 5.69 Å². The van der Waals surface area contributed by atoms with E-state index in [4.69, 9.17) is 0 Å². The quantitative estimate of drug-likeness (QED) is 0.774. The van der Waals surface area contributed by atoms with Gasteiger partial charge in [-0.3, -0.25) is 4.79 Å². The van der Waals surface area contributed by atoms with Crippen LogP contribution in [-0.4, -0.2) is 25.9 Å². The molecule has 2 heterocycles. The van der Waals surface area contributed by atoms with Crippen LogP contribution < -0.4 is 5.32 Å². The lowest BCUT2D eigenvalue weighted by molar-refractivity contribution is 0.102. The zero-order valence-corrected chi connectivity index (χ0v) is 11.8. The molecule has 0 saturated heterocycles. The summed E-state index contributed by atoms with van der Waals surface area (Å²) in [5, 5.41) is 10.9. The minimum absolute atomic E-state index is 0.194. The van der Waals surface area contributed by atoms with Crippen LogP contribution in [0.3, 0.4) is 0 Å². The van der Waals surface area contributed by atoms with E-state index in [-0.39, 0.29) is 5.91 Å². The molecule has 0 fully saturated rings. The number of hydrogen-bond donors (Lipinski definition) is 2. The molecule has 0 radical (unpaired) electrons. The number of halogens is 1. The summed E-state index contributed by atoms with van der Waals surface area (Å²) < 4.78 is 0.836. The maximum atomic E-state index is 11.9. The second-order valence-electron chi connectivity index (χ2n) is 4.05. The highest BCUT2D eigenvalue weighted by atomic mass is 79.9. The molecule has 0 atom stereocenters. The fraction of sp³-hybridized carbons (Fsp3) is 0. The summed E-state index contributed by atoms with van der Waals surface area (Å²) in [7, 11) is 0. The SMILES string of the molecule is O=C(Nc1ccc(-n2nccn2)cc1)c1cc(Br)c[nH]1. The minimum atomic E-state index is -0.194. The Labute approximate surface area is 122 Å². The highest BCUT2D eigenvalue weighted by Gasteiger charge is 2.08. The largest absolute Gasteiger partial charge is 0.356 e. The van der Waals surface area contributed by atoms with Crippen molar-refractivity contribution < 1.29 is 4.79 Å². The Morgan fingerprint density at radius 2 is 1.90 bits per heavy atom. The van der Waals surface area contributed by atoms with Gasteiger partial charge >= 0.3 is 0 Å². The van der Waals surface area contributed by atoms with E-state index in [1.165, 1.54) is 4.80 Å². The zero-order valence-electron chi connectivity index (χ0n) is 10.2. The highest BCUT2D eigenvalue weighted by Crippen LogP contribution is 2.15. The molecule has 7 heteroatoms. The molecule has 6 nitrogen and oxygen atoms in total. The van der Waals surface area contributed by atoms with Gasteiger partial charge < -0.3 is 10.3 Å². The van der Waals surface area contributed by atoms with Crippen molar-refractivity contribution in [3.63, 3.8) is 0 Å². The van der Waals surface area contributed by atoms with Gasteiger partial charge in [0.15, 0.2) is 0 Å². The van der Waals surface area contributed by atoms with Gasteiger partial charge in [-0.25, -0.2) is 0 Å². The number of benzene rings is 1. The first kappa shape index (κ1) is 12.6. The van der Waals surface area contributed by atoms with Gasteiger partial charge in [-0.1, -0.05) is 0 Å². The average Bonchev–Trinajstić information content (AvgIpc) is 3.10. The lowest BCUT2D eigenvalue weighted by Crippen LogP contribution is -2.12. The summed E-state index contributed by atoms with van der Waals surface area (Å²) in [6, 6.07) is 8.99. The molecule has 2 N–H and O–H groups in total. The molecule has 0 aliphatic heterocycles. The third kappa shape index (κ3) is 2.62. The number of nitrogens with zero attached hydrogens (tertiary/aromatic N) is 3. The number of nitrogens with one attached hydrogen (secondary N) is 2. The Kier molecular flexibility index (Phi) is 3.34. The van der Waals surface area contributed by atoms with Gasteiger partial charge in [0.05, 0.1) is 18.1 Å². The maximum Gasteiger partial charge on any atom is 0.272 e. The summed E-state index contributed by atoms with van der Waals surface area (Å²) in [6.07, 6.45) is 4.93. The van der Waals surface area contributed by atoms with Crippen LogP contribution in [0.15, 0.2) is 53.4 Å². The number of aromatic nitrogens is 4. The van der Waals surface area contributed by atoms with Crippen LogP contribution in [0.5, 0.6) is 0 Å². The standard InChI is InChI=1S/C13H10BrN5O/c14-9-7-12(15-8-9)13(20)18-10-1-3-11(4-2-10)19-16-5-6-17-19/h1-8,15H,(H,18,20). The van der Waals surface area contributed by atoms with Crippen LogP contribution in [0.2, 0.25) is 0 Å². The van der Waals surface area contributed by atoms with E-state index in [2.05, 4.69) is 36.4 Å². The van der Waals surface area contributed by atoms with Crippen molar-refractivity contribution in [2.75, 3.05) is 5.32 Å². The van der Waals surface area contributed by atoms with Crippen LogP contribution in [0.1, 0.15) is 10.5 Å². The van der Waals surface area contributed by atoms with E-state index in [1.54, 1.807) is 36.8 Å². The molecule has 1 aromatic carbocycles. The molecular weight excluding hydrogens is 322 g/mol. The highest BCUT2D eigenvalue weighted by molar-refractivity contribution is 9.10. The fourth-order valence-corrected chi connectivity index (χ4v) is 2.07. The maximum absolute atomic E-state index is 11.9. The van der Waals surface area contributed by atoms with E-state index in [0.29, 0.717) is 11.4 Å². The summed E-state index contributed by atoms with van der Waals surface area (Å²) in [5.41, 5.74) is 2.03. The topological polar surface area (TPSA) is 75.6 Å². The number of carbonyl (C=O) groups is 1. The molecule has 3 rings (SSSR count). The number of anilines is 1. The molecule has 0 saturated carbocycles. The van der Waals surface area contributed by atoms with E-state index >= 15 is 0 Å². The summed E-state index contributed by atoms with van der Waals surface area (Å²) in [4.78, 5) is 16.3. The number of amides is 1.